The summed E-state index contributed by atoms with van der Waals surface area (Å²) in [6, 6.07) is 3.89. The average molecular weight is 279 g/mol. The molecular formula is C14H18FN3O2. The van der Waals surface area contributed by atoms with Gasteiger partial charge in [0.2, 0.25) is 5.91 Å². The molecule has 5 nitrogen and oxygen atoms in total. The predicted octanol–water partition coefficient (Wildman–Crippen LogP) is 2.44. The first-order valence-electron chi connectivity index (χ1n) is 6.72. The van der Waals surface area contributed by atoms with E-state index < -0.39 is 5.82 Å². The van der Waals surface area contributed by atoms with E-state index in [0.29, 0.717) is 31.0 Å². The summed E-state index contributed by atoms with van der Waals surface area (Å²) < 4.78 is 13.3. The highest BCUT2D eigenvalue weighted by molar-refractivity contribution is 6.03. The zero-order valence-corrected chi connectivity index (χ0v) is 11.6. The molecule has 6 heteroatoms. The highest BCUT2D eigenvalue weighted by atomic mass is 19.1. The molecule has 0 spiro atoms. The maximum Gasteiger partial charge on any atom is 0.324 e. The summed E-state index contributed by atoms with van der Waals surface area (Å²) in [6.45, 7) is 5.26. The first-order chi connectivity index (χ1) is 9.56. The van der Waals surface area contributed by atoms with Gasteiger partial charge in [-0.3, -0.25) is 9.69 Å². The molecule has 1 aliphatic heterocycles. The molecule has 0 unspecified atom stereocenters. The Morgan fingerprint density at radius 1 is 1.40 bits per heavy atom. The topological polar surface area (TPSA) is 52.7 Å². The van der Waals surface area contributed by atoms with Gasteiger partial charge in [0.05, 0.1) is 11.4 Å². The third kappa shape index (κ3) is 2.74. The van der Waals surface area contributed by atoms with Crippen molar-refractivity contribution in [2.75, 3.05) is 29.9 Å². The lowest BCUT2D eigenvalue weighted by Gasteiger charge is -2.28. The Balaban J connectivity index is 2.40. The van der Waals surface area contributed by atoms with Crippen LogP contribution < -0.4 is 10.2 Å². The minimum atomic E-state index is -0.443. The lowest BCUT2D eigenvalue weighted by molar-refractivity contribution is -0.115. The molecule has 1 aromatic rings. The molecule has 108 valence electrons. The first kappa shape index (κ1) is 14.3. The van der Waals surface area contributed by atoms with Crippen molar-refractivity contribution in [1.29, 1.82) is 0 Å². The van der Waals surface area contributed by atoms with E-state index in [1.54, 1.807) is 4.90 Å². The number of fused-ring (bicyclic) bond motifs is 1. The molecule has 1 aromatic carbocycles. The van der Waals surface area contributed by atoms with Crippen LogP contribution in [-0.4, -0.2) is 36.5 Å². The van der Waals surface area contributed by atoms with Crippen LogP contribution in [0.3, 0.4) is 0 Å². The second kappa shape index (κ2) is 5.90. The number of rotatable bonds is 2. The van der Waals surface area contributed by atoms with E-state index in [-0.39, 0.29) is 18.4 Å². The second-order valence-electron chi connectivity index (χ2n) is 4.57. The van der Waals surface area contributed by atoms with Crippen LogP contribution in [-0.2, 0) is 4.79 Å². The zero-order chi connectivity index (χ0) is 14.7. The molecule has 1 N–H and O–H groups in total. The highest BCUT2D eigenvalue weighted by Gasteiger charge is 2.26. The van der Waals surface area contributed by atoms with Crippen molar-refractivity contribution in [1.82, 2.24) is 4.90 Å². The van der Waals surface area contributed by atoms with E-state index in [9.17, 15) is 14.0 Å². The van der Waals surface area contributed by atoms with Crippen LogP contribution in [0.1, 0.15) is 20.3 Å². The van der Waals surface area contributed by atoms with Crippen molar-refractivity contribution >= 4 is 23.3 Å². The number of nitrogens with one attached hydrogen (secondary N) is 1. The minimum absolute atomic E-state index is 0.167. The van der Waals surface area contributed by atoms with Crippen molar-refractivity contribution in [3.05, 3.63) is 24.0 Å². The molecule has 20 heavy (non-hydrogen) atoms. The van der Waals surface area contributed by atoms with Crippen LogP contribution in [0, 0.1) is 5.82 Å². The summed E-state index contributed by atoms with van der Waals surface area (Å²) in [5.41, 5.74) is 0.877. The number of amides is 3. The molecule has 0 bridgehead atoms. The fourth-order valence-electron chi connectivity index (χ4n) is 2.25. The second-order valence-corrected chi connectivity index (χ2v) is 4.57. The fraction of sp³-hybridized carbons (Fsp3) is 0.429. The summed E-state index contributed by atoms with van der Waals surface area (Å²) in [5.74, 6) is -0.659. The number of halogens is 1. The van der Waals surface area contributed by atoms with Gasteiger partial charge in [-0.2, -0.15) is 0 Å². The standard InChI is InChI=1S/C14H18FN3O2/c1-3-17(4-2)14(20)18-8-7-13(19)16-11-9-10(15)5-6-12(11)18/h5-6,9H,3-4,7-8H2,1-2H3,(H,16,19). The molecule has 3 amide bonds. The van der Waals surface area contributed by atoms with Crippen LogP contribution >= 0.6 is 0 Å². The SMILES string of the molecule is CCN(CC)C(=O)N1CCC(=O)Nc2cc(F)ccc21. The maximum atomic E-state index is 13.3. The molecule has 0 saturated carbocycles. The molecular weight excluding hydrogens is 261 g/mol. The van der Waals surface area contributed by atoms with Crippen LogP contribution in [0.4, 0.5) is 20.6 Å². The zero-order valence-electron chi connectivity index (χ0n) is 11.6. The van der Waals surface area contributed by atoms with Gasteiger partial charge in [0.25, 0.3) is 0 Å². The largest absolute Gasteiger partial charge is 0.325 e. The fourth-order valence-corrected chi connectivity index (χ4v) is 2.25. The van der Waals surface area contributed by atoms with Crippen molar-refractivity contribution in [3.63, 3.8) is 0 Å². The number of anilines is 2. The van der Waals surface area contributed by atoms with Crippen molar-refractivity contribution in [2.24, 2.45) is 0 Å². The molecule has 0 aromatic heterocycles. The Bertz CT molecular complexity index is 529. The number of carbonyl (C=O) groups excluding carboxylic acids is 2. The third-order valence-corrected chi connectivity index (χ3v) is 3.35. The minimum Gasteiger partial charge on any atom is -0.325 e. The number of nitrogens with zero attached hydrogens (tertiary/aromatic N) is 2. The maximum absolute atomic E-state index is 13.3. The van der Waals surface area contributed by atoms with Crippen molar-refractivity contribution < 1.29 is 14.0 Å². The van der Waals surface area contributed by atoms with Crippen LogP contribution in [0.15, 0.2) is 18.2 Å². The number of carbonyl (C=O) groups is 2. The molecule has 0 aliphatic carbocycles. The molecule has 0 radical (unpaired) electrons. The highest BCUT2D eigenvalue weighted by Crippen LogP contribution is 2.30. The predicted molar refractivity (Wildman–Crippen MR) is 75.3 cm³/mol. The van der Waals surface area contributed by atoms with Gasteiger partial charge >= 0.3 is 6.03 Å². The van der Waals surface area contributed by atoms with Gasteiger partial charge in [0.15, 0.2) is 0 Å². The van der Waals surface area contributed by atoms with E-state index in [2.05, 4.69) is 5.32 Å². The van der Waals surface area contributed by atoms with Gasteiger partial charge in [0, 0.05) is 26.1 Å². The van der Waals surface area contributed by atoms with Gasteiger partial charge < -0.3 is 10.2 Å². The summed E-state index contributed by atoms with van der Waals surface area (Å²) in [6.07, 6.45) is 0.198. The van der Waals surface area contributed by atoms with Crippen LogP contribution in [0.25, 0.3) is 0 Å². The monoisotopic (exact) mass is 279 g/mol. The van der Waals surface area contributed by atoms with E-state index in [4.69, 9.17) is 0 Å². The Morgan fingerprint density at radius 3 is 2.75 bits per heavy atom. The summed E-state index contributed by atoms with van der Waals surface area (Å²) >= 11 is 0. The third-order valence-electron chi connectivity index (χ3n) is 3.35. The normalized spacial score (nSPS) is 14.3. The van der Waals surface area contributed by atoms with E-state index >= 15 is 0 Å². The van der Waals surface area contributed by atoms with Gasteiger partial charge in [-0.25, -0.2) is 9.18 Å². The molecule has 0 saturated heterocycles. The quantitative estimate of drug-likeness (QED) is 0.904. The lowest BCUT2D eigenvalue weighted by atomic mass is 10.2. The van der Waals surface area contributed by atoms with Gasteiger partial charge in [-0.05, 0) is 32.0 Å². The smallest absolute Gasteiger partial charge is 0.324 e. The Morgan fingerprint density at radius 2 is 2.10 bits per heavy atom. The molecule has 2 rings (SSSR count). The molecule has 0 fully saturated rings. The summed E-state index contributed by atoms with van der Waals surface area (Å²) in [4.78, 5) is 27.3. The number of hydrogen-bond acceptors (Lipinski definition) is 2. The Hall–Kier alpha value is -2.11. The van der Waals surface area contributed by atoms with Crippen molar-refractivity contribution in [2.45, 2.75) is 20.3 Å². The summed E-state index contributed by atoms with van der Waals surface area (Å²) in [7, 11) is 0. The van der Waals surface area contributed by atoms with E-state index in [0.717, 1.165) is 0 Å². The molecule has 1 heterocycles. The van der Waals surface area contributed by atoms with Gasteiger partial charge in [-0.1, -0.05) is 0 Å². The first-order valence-corrected chi connectivity index (χ1v) is 6.72. The Kier molecular flexibility index (Phi) is 4.22. The van der Waals surface area contributed by atoms with Crippen LogP contribution in [0.5, 0.6) is 0 Å². The number of hydrogen-bond donors (Lipinski definition) is 1. The molecule has 0 atom stereocenters. The average Bonchev–Trinajstić information content (AvgIpc) is 2.57. The van der Waals surface area contributed by atoms with E-state index in [1.807, 2.05) is 13.8 Å². The lowest BCUT2D eigenvalue weighted by Crippen LogP contribution is -2.43. The van der Waals surface area contributed by atoms with E-state index in [1.165, 1.54) is 23.1 Å². The number of benzene rings is 1. The Labute approximate surface area is 117 Å². The number of urea groups is 1. The van der Waals surface area contributed by atoms with Crippen LogP contribution in [0.2, 0.25) is 0 Å². The van der Waals surface area contributed by atoms with Crippen molar-refractivity contribution in [3.8, 4) is 0 Å². The van der Waals surface area contributed by atoms with Gasteiger partial charge in [-0.15, -0.1) is 0 Å². The summed E-state index contributed by atoms with van der Waals surface area (Å²) in [5, 5.41) is 2.63. The van der Waals surface area contributed by atoms with Gasteiger partial charge in [0.1, 0.15) is 5.82 Å². The molecule has 1 aliphatic rings.